The van der Waals surface area contributed by atoms with Gasteiger partial charge in [0.15, 0.2) is 11.5 Å². The molecule has 0 aliphatic carbocycles. The highest BCUT2D eigenvalue weighted by molar-refractivity contribution is 5.86. The van der Waals surface area contributed by atoms with Gasteiger partial charge in [0.25, 0.3) is 5.56 Å². The first-order valence-electron chi connectivity index (χ1n) is 6.74. The Morgan fingerprint density at radius 2 is 2.10 bits per heavy atom. The maximum Gasteiger partial charge on any atom is 0.252 e. The Bertz CT molecular complexity index is 862. The van der Waals surface area contributed by atoms with Gasteiger partial charge in [-0.2, -0.15) is 0 Å². The Balaban J connectivity index is 2.23. The van der Waals surface area contributed by atoms with Crippen molar-refractivity contribution in [1.29, 1.82) is 0 Å². The number of aryl methyl sites for hydroxylation is 1. The van der Waals surface area contributed by atoms with Crippen LogP contribution in [0.3, 0.4) is 0 Å². The SMILES string of the molecule is CCOc1c(O)cc(=O)[nH]c1-c1ccc2c(ccn2C)c1. The summed E-state index contributed by atoms with van der Waals surface area (Å²) in [4.78, 5) is 14.4. The van der Waals surface area contributed by atoms with E-state index >= 15 is 0 Å². The number of H-pyrrole nitrogens is 1. The van der Waals surface area contributed by atoms with E-state index in [9.17, 15) is 9.90 Å². The number of hydrogen-bond acceptors (Lipinski definition) is 3. The largest absolute Gasteiger partial charge is 0.504 e. The van der Waals surface area contributed by atoms with E-state index in [0.717, 1.165) is 22.5 Å². The van der Waals surface area contributed by atoms with Crippen molar-refractivity contribution in [2.45, 2.75) is 6.92 Å². The molecule has 0 unspecified atom stereocenters. The van der Waals surface area contributed by atoms with Crippen molar-refractivity contribution in [1.82, 2.24) is 9.55 Å². The van der Waals surface area contributed by atoms with Gasteiger partial charge in [0.05, 0.1) is 12.3 Å². The number of hydrogen-bond donors (Lipinski definition) is 2. The summed E-state index contributed by atoms with van der Waals surface area (Å²) in [5, 5.41) is 11.0. The van der Waals surface area contributed by atoms with Gasteiger partial charge in [-0.1, -0.05) is 6.07 Å². The molecule has 0 bridgehead atoms. The van der Waals surface area contributed by atoms with E-state index < -0.39 is 0 Å². The molecule has 0 saturated carbocycles. The van der Waals surface area contributed by atoms with Crippen LogP contribution in [0.2, 0.25) is 0 Å². The molecule has 108 valence electrons. The summed E-state index contributed by atoms with van der Waals surface area (Å²) in [6.07, 6.45) is 1.98. The Kier molecular flexibility index (Phi) is 3.17. The Labute approximate surface area is 121 Å². The molecule has 0 saturated heterocycles. The number of pyridine rings is 1. The zero-order valence-electron chi connectivity index (χ0n) is 11.9. The van der Waals surface area contributed by atoms with Crippen LogP contribution in [0.5, 0.6) is 11.5 Å². The summed E-state index contributed by atoms with van der Waals surface area (Å²) in [6, 6.07) is 8.95. The third-order valence-electron chi connectivity index (χ3n) is 3.44. The zero-order valence-corrected chi connectivity index (χ0v) is 11.9. The number of aromatic amines is 1. The fraction of sp³-hybridized carbons (Fsp3) is 0.188. The number of aromatic nitrogens is 2. The zero-order chi connectivity index (χ0) is 15.0. The van der Waals surface area contributed by atoms with Gasteiger partial charge < -0.3 is 19.4 Å². The molecule has 0 aliphatic rings. The van der Waals surface area contributed by atoms with Crippen molar-refractivity contribution in [3.05, 3.63) is 46.9 Å². The summed E-state index contributed by atoms with van der Waals surface area (Å²) in [5.41, 5.74) is 2.02. The van der Waals surface area contributed by atoms with Gasteiger partial charge in [-0.25, -0.2) is 0 Å². The topological polar surface area (TPSA) is 67.2 Å². The van der Waals surface area contributed by atoms with Gasteiger partial charge in [-0.15, -0.1) is 0 Å². The molecule has 21 heavy (non-hydrogen) atoms. The molecule has 5 heteroatoms. The number of nitrogens with one attached hydrogen (secondary N) is 1. The first-order valence-corrected chi connectivity index (χ1v) is 6.74. The lowest BCUT2D eigenvalue weighted by Gasteiger charge is -2.11. The molecule has 2 aromatic heterocycles. The lowest BCUT2D eigenvalue weighted by atomic mass is 10.1. The number of fused-ring (bicyclic) bond motifs is 1. The van der Waals surface area contributed by atoms with Crippen LogP contribution in [-0.4, -0.2) is 21.3 Å². The van der Waals surface area contributed by atoms with Gasteiger partial charge in [-0.05, 0) is 25.1 Å². The molecular formula is C16H16N2O3. The molecule has 0 spiro atoms. The Morgan fingerprint density at radius 1 is 1.29 bits per heavy atom. The van der Waals surface area contributed by atoms with E-state index in [1.54, 1.807) is 0 Å². The molecule has 0 radical (unpaired) electrons. The van der Waals surface area contributed by atoms with Crippen LogP contribution < -0.4 is 10.3 Å². The van der Waals surface area contributed by atoms with Gasteiger partial charge in [0.2, 0.25) is 0 Å². The Morgan fingerprint density at radius 3 is 2.86 bits per heavy atom. The maximum absolute atomic E-state index is 11.6. The fourth-order valence-electron chi connectivity index (χ4n) is 2.46. The summed E-state index contributed by atoms with van der Waals surface area (Å²) < 4.78 is 7.49. The highest BCUT2D eigenvalue weighted by Gasteiger charge is 2.14. The van der Waals surface area contributed by atoms with Crippen molar-refractivity contribution in [3.8, 4) is 22.8 Å². The molecule has 5 nitrogen and oxygen atoms in total. The number of benzene rings is 1. The van der Waals surface area contributed by atoms with Gasteiger partial charge >= 0.3 is 0 Å². The smallest absolute Gasteiger partial charge is 0.252 e. The average molecular weight is 284 g/mol. The lowest BCUT2D eigenvalue weighted by Crippen LogP contribution is -2.07. The van der Waals surface area contributed by atoms with E-state index in [-0.39, 0.29) is 11.3 Å². The molecule has 0 atom stereocenters. The highest BCUT2D eigenvalue weighted by atomic mass is 16.5. The fourth-order valence-corrected chi connectivity index (χ4v) is 2.46. The second kappa shape index (κ2) is 5.01. The van der Waals surface area contributed by atoms with Crippen molar-refractivity contribution in [3.63, 3.8) is 0 Å². The van der Waals surface area contributed by atoms with Crippen LogP contribution in [0.15, 0.2) is 41.3 Å². The predicted molar refractivity (Wildman–Crippen MR) is 81.8 cm³/mol. The number of ether oxygens (including phenoxy) is 1. The summed E-state index contributed by atoms with van der Waals surface area (Å²) in [5.74, 6) is 0.149. The van der Waals surface area contributed by atoms with E-state index in [0.29, 0.717) is 18.1 Å². The molecule has 3 rings (SSSR count). The summed E-state index contributed by atoms with van der Waals surface area (Å²) in [6.45, 7) is 2.23. The van der Waals surface area contributed by atoms with Crippen molar-refractivity contribution < 1.29 is 9.84 Å². The van der Waals surface area contributed by atoms with Crippen LogP contribution >= 0.6 is 0 Å². The van der Waals surface area contributed by atoms with Crippen LogP contribution in [-0.2, 0) is 7.05 Å². The van der Waals surface area contributed by atoms with E-state index in [1.165, 1.54) is 0 Å². The van der Waals surface area contributed by atoms with Gasteiger partial charge in [-0.3, -0.25) is 4.79 Å². The lowest BCUT2D eigenvalue weighted by molar-refractivity contribution is 0.318. The minimum atomic E-state index is -0.362. The normalized spacial score (nSPS) is 11.0. The first kappa shape index (κ1) is 13.3. The minimum absolute atomic E-state index is 0.149. The average Bonchev–Trinajstić information content (AvgIpc) is 2.82. The molecule has 0 amide bonds. The third kappa shape index (κ3) is 2.27. The van der Waals surface area contributed by atoms with Crippen LogP contribution in [0, 0.1) is 0 Å². The van der Waals surface area contributed by atoms with Crippen LogP contribution in [0.4, 0.5) is 0 Å². The van der Waals surface area contributed by atoms with Crippen molar-refractivity contribution >= 4 is 10.9 Å². The second-order valence-electron chi connectivity index (χ2n) is 4.86. The third-order valence-corrected chi connectivity index (χ3v) is 3.44. The summed E-state index contributed by atoms with van der Waals surface area (Å²) in [7, 11) is 1.98. The second-order valence-corrected chi connectivity index (χ2v) is 4.86. The predicted octanol–water partition coefficient (Wildman–Crippen LogP) is 2.64. The molecule has 0 aliphatic heterocycles. The van der Waals surface area contributed by atoms with Crippen LogP contribution in [0.25, 0.3) is 22.2 Å². The molecular weight excluding hydrogens is 268 g/mol. The Hall–Kier alpha value is -2.69. The first-order chi connectivity index (χ1) is 10.1. The minimum Gasteiger partial charge on any atom is -0.504 e. The maximum atomic E-state index is 11.6. The molecule has 0 fully saturated rings. The monoisotopic (exact) mass is 284 g/mol. The summed E-state index contributed by atoms with van der Waals surface area (Å²) >= 11 is 0. The van der Waals surface area contributed by atoms with Gasteiger partial charge in [0, 0.05) is 35.8 Å². The van der Waals surface area contributed by atoms with E-state index in [2.05, 4.69) is 4.98 Å². The van der Waals surface area contributed by atoms with Crippen molar-refractivity contribution in [2.75, 3.05) is 6.61 Å². The van der Waals surface area contributed by atoms with Gasteiger partial charge in [0.1, 0.15) is 0 Å². The highest BCUT2D eigenvalue weighted by Crippen LogP contribution is 2.35. The number of aromatic hydroxyl groups is 1. The number of rotatable bonds is 3. The number of nitrogens with zero attached hydrogens (tertiary/aromatic N) is 1. The molecule has 3 aromatic rings. The van der Waals surface area contributed by atoms with Crippen LogP contribution in [0.1, 0.15) is 6.92 Å². The molecule has 2 N–H and O–H groups in total. The van der Waals surface area contributed by atoms with E-state index in [1.807, 2.05) is 49.0 Å². The van der Waals surface area contributed by atoms with E-state index in [4.69, 9.17) is 4.74 Å². The van der Waals surface area contributed by atoms with Crippen molar-refractivity contribution in [2.24, 2.45) is 7.05 Å². The molecule has 1 aromatic carbocycles. The molecule has 2 heterocycles. The standard InChI is InChI=1S/C16H16N2O3/c1-3-21-16-13(19)9-14(20)17-15(16)11-4-5-12-10(8-11)6-7-18(12)2/h4-9H,3H2,1-2H3,(H2,17,19,20). The quantitative estimate of drug-likeness (QED) is 0.777.